The Balaban J connectivity index is 1.51. The Labute approximate surface area is 207 Å². The molecule has 36 heavy (non-hydrogen) atoms. The summed E-state index contributed by atoms with van der Waals surface area (Å²) in [5.41, 5.74) is 4.66. The fourth-order valence-electron chi connectivity index (χ4n) is 5.35. The topological polar surface area (TPSA) is 90.1 Å². The van der Waals surface area contributed by atoms with Crippen molar-refractivity contribution in [2.45, 2.75) is 31.8 Å². The van der Waals surface area contributed by atoms with Gasteiger partial charge in [0.2, 0.25) is 0 Å². The summed E-state index contributed by atoms with van der Waals surface area (Å²) in [6.07, 6.45) is 7.77. The number of nitrogens with zero attached hydrogens (tertiary/aromatic N) is 6. The number of ether oxygens (including phenoxy) is 1. The van der Waals surface area contributed by atoms with Crippen molar-refractivity contribution in [2.24, 2.45) is 7.05 Å². The first kappa shape index (κ1) is 22.7. The van der Waals surface area contributed by atoms with E-state index < -0.39 is 0 Å². The van der Waals surface area contributed by atoms with E-state index in [-0.39, 0.29) is 17.9 Å². The maximum Gasteiger partial charge on any atom is 0.317 e. The normalized spacial score (nSPS) is 16.4. The maximum absolute atomic E-state index is 15.6. The van der Waals surface area contributed by atoms with Gasteiger partial charge in [-0.15, -0.1) is 0 Å². The highest BCUT2D eigenvalue weighted by Crippen LogP contribution is 2.38. The molecule has 10 heteroatoms. The molecule has 1 aromatic carbocycles. The molecular weight excluding hydrogens is 461 g/mol. The third-order valence-corrected chi connectivity index (χ3v) is 7.21. The lowest BCUT2D eigenvalue weighted by Gasteiger charge is -2.29. The zero-order valence-electron chi connectivity index (χ0n) is 20.4. The SMILES string of the molecule is CNC(=O)N1CCc2c(c(-c3c(F)ccc4cc(-c5cnn(C)c5)ncc34)nn2C2CCOCC2)C1. The first-order valence-corrected chi connectivity index (χ1v) is 12.3. The number of rotatable bonds is 3. The monoisotopic (exact) mass is 489 g/mol. The molecule has 4 aromatic rings. The summed E-state index contributed by atoms with van der Waals surface area (Å²) in [5, 5.41) is 13.5. The van der Waals surface area contributed by atoms with Gasteiger partial charge in [-0.05, 0) is 30.4 Å². The largest absolute Gasteiger partial charge is 0.381 e. The van der Waals surface area contributed by atoms with E-state index in [2.05, 4.69) is 20.1 Å². The minimum Gasteiger partial charge on any atom is -0.381 e. The number of urea groups is 1. The minimum atomic E-state index is -0.352. The molecule has 1 saturated heterocycles. The molecule has 2 aliphatic rings. The van der Waals surface area contributed by atoms with Crippen LogP contribution in [0.25, 0.3) is 33.3 Å². The average molecular weight is 490 g/mol. The van der Waals surface area contributed by atoms with E-state index in [1.54, 1.807) is 35.1 Å². The lowest BCUT2D eigenvalue weighted by Crippen LogP contribution is -2.41. The van der Waals surface area contributed by atoms with E-state index in [9.17, 15) is 4.79 Å². The van der Waals surface area contributed by atoms with Crippen LogP contribution in [-0.2, 0) is 24.8 Å². The van der Waals surface area contributed by atoms with E-state index in [0.717, 1.165) is 40.7 Å². The van der Waals surface area contributed by atoms with E-state index in [1.807, 2.05) is 19.3 Å². The van der Waals surface area contributed by atoms with Crippen LogP contribution in [0.2, 0.25) is 0 Å². The third kappa shape index (κ3) is 3.81. The van der Waals surface area contributed by atoms with Gasteiger partial charge in [0.05, 0.1) is 24.5 Å². The predicted octanol–water partition coefficient (Wildman–Crippen LogP) is 3.69. The Morgan fingerprint density at radius 2 is 2.06 bits per heavy atom. The summed E-state index contributed by atoms with van der Waals surface area (Å²) in [7, 11) is 3.48. The van der Waals surface area contributed by atoms with Crippen molar-refractivity contribution in [3.05, 3.63) is 53.9 Å². The highest BCUT2D eigenvalue weighted by Gasteiger charge is 2.32. The summed E-state index contributed by atoms with van der Waals surface area (Å²) in [6.45, 7) is 2.34. The standard InChI is InChI=1S/C26H28FN7O2/c1-28-26(35)33-8-5-23-20(15-33)25(31-34(23)18-6-9-36-10-7-18)24-19-13-29-22(17-12-30-32(2)14-17)11-16(19)3-4-21(24)27/h3-4,11-14,18H,5-10,15H2,1-2H3,(H,28,35). The van der Waals surface area contributed by atoms with Gasteiger partial charge in [0.25, 0.3) is 0 Å². The second-order valence-corrected chi connectivity index (χ2v) is 9.40. The second-order valence-electron chi connectivity index (χ2n) is 9.40. The lowest BCUT2D eigenvalue weighted by molar-refractivity contribution is 0.0651. The molecule has 3 aromatic heterocycles. The van der Waals surface area contributed by atoms with Crippen LogP contribution in [0.15, 0.2) is 36.8 Å². The van der Waals surface area contributed by atoms with Gasteiger partial charge in [-0.1, -0.05) is 6.07 Å². The number of fused-ring (bicyclic) bond motifs is 2. The minimum absolute atomic E-state index is 0.147. The Morgan fingerprint density at radius 1 is 1.22 bits per heavy atom. The Kier molecular flexibility index (Phi) is 5.67. The van der Waals surface area contributed by atoms with Crippen LogP contribution in [0, 0.1) is 5.82 Å². The summed E-state index contributed by atoms with van der Waals surface area (Å²) in [4.78, 5) is 18.9. The number of aromatic nitrogens is 5. The van der Waals surface area contributed by atoms with Gasteiger partial charge in [0.1, 0.15) is 11.5 Å². The zero-order valence-corrected chi connectivity index (χ0v) is 20.4. The van der Waals surface area contributed by atoms with Crippen molar-refractivity contribution in [1.29, 1.82) is 0 Å². The number of hydrogen-bond donors (Lipinski definition) is 1. The summed E-state index contributed by atoms with van der Waals surface area (Å²) < 4.78 is 24.9. The number of hydrogen-bond acceptors (Lipinski definition) is 5. The maximum atomic E-state index is 15.6. The van der Waals surface area contributed by atoms with Crippen molar-refractivity contribution in [3.63, 3.8) is 0 Å². The fraction of sp³-hybridized carbons (Fsp3) is 0.385. The van der Waals surface area contributed by atoms with Crippen LogP contribution in [0.5, 0.6) is 0 Å². The van der Waals surface area contributed by atoms with Crippen LogP contribution >= 0.6 is 0 Å². The molecule has 1 fully saturated rings. The number of halogens is 1. The molecule has 1 N–H and O–H groups in total. The number of nitrogens with one attached hydrogen (secondary N) is 1. The number of amides is 2. The van der Waals surface area contributed by atoms with E-state index in [4.69, 9.17) is 9.84 Å². The van der Waals surface area contributed by atoms with Crippen molar-refractivity contribution in [3.8, 4) is 22.5 Å². The predicted molar refractivity (Wildman–Crippen MR) is 133 cm³/mol. The van der Waals surface area contributed by atoms with Crippen LogP contribution in [0.1, 0.15) is 30.1 Å². The van der Waals surface area contributed by atoms with Crippen LogP contribution in [-0.4, -0.2) is 62.3 Å². The van der Waals surface area contributed by atoms with Gasteiger partial charge in [0, 0.05) is 80.4 Å². The number of benzene rings is 1. The molecule has 0 radical (unpaired) electrons. The van der Waals surface area contributed by atoms with Crippen molar-refractivity contribution in [2.75, 3.05) is 26.8 Å². The Morgan fingerprint density at radius 3 is 2.81 bits per heavy atom. The lowest BCUT2D eigenvalue weighted by atomic mass is 9.96. The molecule has 0 unspecified atom stereocenters. The molecule has 9 nitrogen and oxygen atoms in total. The number of pyridine rings is 1. The Hall–Kier alpha value is -3.79. The molecule has 6 rings (SSSR count). The van der Waals surface area contributed by atoms with Crippen molar-refractivity contribution in [1.82, 2.24) is 34.8 Å². The molecule has 0 saturated carbocycles. The van der Waals surface area contributed by atoms with E-state index in [0.29, 0.717) is 49.4 Å². The number of carbonyl (C=O) groups is 1. The molecule has 0 aliphatic carbocycles. The fourth-order valence-corrected chi connectivity index (χ4v) is 5.35. The smallest absolute Gasteiger partial charge is 0.317 e. The van der Waals surface area contributed by atoms with E-state index >= 15 is 4.39 Å². The van der Waals surface area contributed by atoms with Gasteiger partial charge in [-0.25, -0.2) is 9.18 Å². The van der Waals surface area contributed by atoms with Gasteiger partial charge in [-0.2, -0.15) is 10.2 Å². The van der Waals surface area contributed by atoms with Crippen LogP contribution in [0.4, 0.5) is 9.18 Å². The zero-order chi connectivity index (χ0) is 24.8. The summed E-state index contributed by atoms with van der Waals surface area (Å²) >= 11 is 0. The first-order valence-electron chi connectivity index (χ1n) is 12.3. The van der Waals surface area contributed by atoms with Gasteiger partial charge < -0.3 is 15.0 Å². The summed E-state index contributed by atoms with van der Waals surface area (Å²) in [5.74, 6) is -0.352. The molecule has 186 valence electrons. The quantitative estimate of drug-likeness (QED) is 0.474. The van der Waals surface area contributed by atoms with Crippen molar-refractivity contribution >= 4 is 16.8 Å². The molecule has 2 amide bonds. The van der Waals surface area contributed by atoms with Crippen LogP contribution in [0.3, 0.4) is 0 Å². The molecule has 0 spiro atoms. The molecule has 0 atom stereocenters. The van der Waals surface area contributed by atoms with E-state index in [1.165, 1.54) is 6.07 Å². The Bertz CT molecular complexity index is 1450. The second kappa shape index (κ2) is 9.02. The third-order valence-electron chi connectivity index (χ3n) is 7.21. The number of carbonyl (C=O) groups excluding carboxylic acids is 1. The molecule has 2 aliphatic heterocycles. The molecular formula is C26H28FN7O2. The van der Waals surface area contributed by atoms with Crippen molar-refractivity contribution < 1.29 is 13.9 Å². The van der Waals surface area contributed by atoms with Gasteiger partial charge >= 0.3 is 6.03 Å². The number of aryl methyl sites for hydroxylation is 1. The summed E-state index contributed by atoms with van der Waals surface area (Å²) in [6, 6.07) is 5.26. The average Bonchev–Trinajstić information content (AvgIpc) is 3.52. The molecule has 0 bridgehead atoms. The van der Waals surface area contributed by atoms with Gasteiger partial charge in [0.15, 0.2) is 0 Å². The van der Waals surface area contributed by atoms with Crippen LogP contribution < -0.4 is 5.32 Å². The highest BCUT2D eigenvalue weighted by atomic mass is 19.1. The first-order chi connectivity index (χ1) is 17.5. The molecule has 5 heterocycles. The van der Waals surface area contributed by atoms with Gasteiger partial charge in [-0.3, -0.25) is 14.3 Å². The highest BCUT2D eigenvalue weighted by molar-refractivity contribution is 5.98.